The highest BCUT2D eigenvalue weighted by molar-refractivity contribution is 6.30. The molecular weight excluding hydrogens is 231 g/mol. The number of aromatic nitrogens is 2. The Kier molecular flexibility index (Phi) is 3.22. The molecule has 5 heteroatoms. The van der Waals surface area contributed by atoms with E-state index in [1.807, 2.05) is 0 Å². The smallest absolute Gasteiger partial charge is 0.146 e. The monoisotopic (exact) mass is 240 g/mol. The highest BCUT2D eigenvalue weighted by Gasteiger charge is 2.08. The Labute approximate surface area is 97.1 Å². The molecule has 2 aromatic rings. The zero-order valence-electron chi connectivity index (χ0n) is 8.40. The van der Waals surface area contributed by atoms with Crippen molar-refractivity contribution in [3.05, 3.63) is 52.8 Å². The molecule has 1 aromatic heterocycles. The van der Waals surface area contributed by atoms with E-state index in [-0.39, 0.29) is 11.6 Å². The third kappa shape index (κ3) is 2.08. The van der Waals surface area contributed by atoms with Gasteiger partial charge in [-0.3, -0.25) is 0 Å². The lowest BCUT2D eigenvalue weighted by Gasteiger charge is -2.07. The summed E-state index contributed by atoms with van der Waals surface area (Å²) >= 11 is 5.68. The van der Waals surface area contributed by atoms with Gasteiger partial charge in [-0.1, -0.05) is 23.7 Å². The Morgan fingerprint density at radius 3 is 3.00 bits per heavy atom. The second kappa shape index (κ2) is 4.63. The van der Waals surface area contributed by atoms with Gasteiger partial charge < -0.3 is 9.67 Å². The lowest BCUT2D eigenvalue weighted by atomic mass is 10.2. The van der Waals surface area contributed by atoms with Gasteiger partial charge in [0.25, 0.3) is 0 Å². The molecule has 0 atom stereocenters. The van der Waals surface area contributed by atoms with Gasteiger partial charge in [0.1, 0.15) is 18.2 Å². The van der Waals surface area contributed by atoms with Gasteiger partial charge >= 0.3 is 0 Å². The lowest BCUT2D eigenvalue weighted by Crippen LogP contribution is -2.05. The summed E-state index contributed by atoms with van der Waals surface area (Å²) in [4.78, 5) is 3.94. The van der Waals surface area contributed by atoms with Crippen LogP contribution >= 0.6 is 11.6 Å². The molecular formula is C11H10ClFN2O. The molecule has 0 saturated heterocycles. The van der Waals surface area contributed by atoms with Crippen LogP contribution in [0.5, 0.6) is 0 Å². The molecule has 3 nitrogen and oxygen atoms in total. The first-order valence-electron chi connectivity index (χ1n) is 4.76. The molecule has 0 unspecified atom stereocenters. The molecule has 1 heterocycles. The first-order valence-corrected chi connectivity index (χ1v) is 5.14. The maximum atomic E-state index is 13.6. The molecule has 2 rings (SSSR count). The Morgan fingerprint density at radius 2 is 2.25 bits per heavy atom. The van der Waals surface area contributed by atoms with Gasteiger partial charge in [-0.15, -0.1) is 0 Å². The van der Waals surface area contributed by atoms with E-state index in [0.29, 0.717) is 17.9 Å². The first-order chi connectivity index (χ1) is 7.72. The quantitative estimate of drug-likeness (QED) is 0.893. The summed E-state index contributed by atoms with van der Waals surface area (Å²) in [6.45, 7) is 0.136. The zero-order valence-corrected chi connectivity index (χ0v) is 9.15. The topological polar surface area (TPSA) is 38.1 Å². The molecule has 0 radical (unpaired) electrons. The molecule has 0 fully saturated rings. The van der Waals surface area contributed by atoms with Gasteiger partial charge in [0.15, 0.2) is 0 Å². The number of hydrogen-bond acceptors (Lipinski definition) is 2. The maximum absolute atomic E-state index is 13.6. The van der Waals surface area contributed by atoms with Crippen molar-refractivity contribution in [2.45, 2.75) is 13.2 Å². The van der Waals surface area contributed by atoms with Crippen LogP contribution in [-0.2, 0) is 13.2 Å². The van der Waals surface area contributed by atoms with Crippen LogP contribution in [0.15, 0.2) is 30.6 Å². The molecule has 16 heavy (non-hydrogen) atoms. The van der Waals surface area contributed by atoms with Crippen LogP contribution in [0.2, 0.25) is 5.02 Å². The Morgan fingerprint density at radius 1 is 1.44 bits per heavy atom. The number of benzene rings is 1. The van der Waals surface area contributed by atoms with Crippen molar-refractivity contribution < 1.29 is 9.50 Å². The third-order valence-corrected chi connectivity index (χ3v) is 2.61. The second-order valence-corrected chi connectivity index (χ2v) is 3.75. The average Bonchev–Trinajstić information content (AvgIpc) is 2.72. The fourth-order valence-electron chi connectivity index (χ4n) is 1.49. The molecule has 0 amide bonds. The third-order valence-electron chi connectivity index (χ3n) is 2.32. The summed E-state index contributed by atoms with van der Waals surface area (Å²) in [5.41, 5.74) is 0.472. The van der Waals surface area contributed by atoms with Crippen LogP contribution in [0.4, 0.5) is 4.39 Å². The van der Waals surface area contributed by atoms with E-state index >= 15 is 0 Å². The van der Waals surface area contributed by atoms with E-state index in [2.05, 4.69) is 4.98 Å². The van der Waals surface area contributed by atoms with Crippen LogP contribution < -0.4 is 0 Å². The number of hydrogen-bond donors (Lipinski definition) is 1. The van der Waals surface area contributed by atoms with Crippen molar-refractivity contribution in [2.75, 3.05) is 0 Å². The summed E-state index contributed by atoms with van der Waals surface area (Å²) < 4.78 is 15.3. The summed E-state index contributed by atoms with van der Waals surface area (Å²) in [7, 11) is 0. The van der Waals surface area contributed by atoms with Gasteiger partial charge in [0.05, 0.1) is 11.6 Å². The maximum Gasteiger partial charge on any atom is 0.146 e. The van der Waals surface area contributed by atoms with Gasteiger partial charge in [-0.05, 0) is 6.07 Å². The van der Waals surface area contributed by atoms with E-state index < -0.39 is 5.82 Å². The molecule has 0 aliphatic carbocycles. The molecule has 0 saturated carbocycles. The zero-order chi connectivity index (χ0) is 11.5. The number of imidazole rings is 1. The van der Waals surface area contributed by atoms with E-state index in [9.17, 15) is 4.39 Å². The fourth-order valence-corrected chi connectivity index (χ4v) is 1.68. The van der Waals surface area contributed by atoms with Gasteiger partial charge in [0.2, 0.25) is 0 Å². The van der Waals surface area contributed by atoms with E-state index in [1.54, 1.807) is 29.1 Å². The van der Waals surface area contributed by atoms with Crippen LogP contribution in [-0.4, -0.2) is 14.7 Å². The highest BCUT2D eigenvalue weighted by Crippen LogP contribution is 2.19. The largest absolute Gasteiger partial charge is 0.388 e. The van der Waals surface area contributed by atoms with E-state index in [0.717, 1.165) is 0 Å². The average molecular weight is 241 g/mol. The number of halogens is 2. The van der Waals surface area contributed by atoms with Crippen molar-refractivity contribution in [3.63, 3.8) is 0 Å². The van der Waals surface area contributed by atoms with Crippen molar-refractivity contribution in [1.29, 1.82) is 0 Å². The molecule has 0 aliphatic heterocycles. The minimum atomic E-state index is -0.429. The predicted octanol–water partition coefficient (Wildman–Crippen LogP) is 2.22. The lowest BCUT2D eigenvalue weighted by molar-refractivity contribution is 0.266. The number of aliphatic hydroxyl groups excluding tert-OH is 1. The van der Waals surface area contributed by atoms with Gasteiger partial charge in [-0.2, -0.15) is 0 Å². The molecule has 1 N–H and O–H groups in total. The Bertz CT molecular complexity index is 498. The summed E-state index contributed by atoms with van der Waals surface area (Å²) in [5, 5.41) is 9.11. The Hall–Kier alpha value is -1.39. The second-order valence-electron chi connectivity index (χ2n) is 3.34. The van der Waals surface area contributed by atoms with E-state index in [1.165, 1.54) is 6.07 Å². The SMILES string of the molecule is OCc1nccn1Cc1cccc(Cl)c1F. The summed E-state index contributed by atoms with van der Waals surface area (Å²) in [6, 6.07) is 4.85. The normalized spacial score (nSPS) is 10.7. The minimum Gasteiger partial charge on any atom is -0.388 e. The fraction of sp³-hybridized carbons (Fsp3) is 0.182. The number of nitrogens with zero attached hydrogens (tertiary/aromatic N) is 2. The van der Waals surface area contributed by atoms with Crippen molar-refractivity contribution >= 4 is 11.6 Å². The predicted molar refractivity (Wildman–Crippen MR) is 58.7 cm³/mol. The van der Waals surface area contributed by atoms with Crippen LogP contribution in [0.25, 0.3) is 0 Å². The standard InChI is InChI=1S/C11H10ClFN2O/c12-9-3-1-2-8(11(9)13)6-15-5-4-14-10(15)7-16/h1-5,16H,6-7H2. The molecule has 0 bridgehead atoms. The number of rotatable bonds is 3. The van der Waals surface area contributed by atoms with E-state index in [4.69, 9.17) is 16.7 Å². The van der Waals surface area contributed by atoms with Crippen LogP contribution in [0.3, 0.4) is 0 Å². The Balaban J connectivity index is 2.30. The van der Waals surface area contributed by atoms with Crippen molar-refractivity contribution in [3.8, 4) is 0 Å². The van der Waals surface area contributed by atoms with Crippen LogP contribution in [0, 0.1) is 5.82 Å². The summed E-state index contributed by atoms with van der Waals surface area (Å²) in [5.74, 6) is 0.0705. The minimum absolute atomic E-state index is 0.100. The number of aliphatic hydroxyl groups is 1. The highest BCUT2D eigenvalue weighted by atomic mass is 35.5. The summed E-state index contributed by atoms with van der Waals surface area (Å²) in [6.07, 6.45) is 3.25. The van der Waals surface area contributed by atoms with Crippen LogP contribution in [0.1, 0.15) is 11.4 Å². The van der Waals surface area contributed by atoms with Crippen molar-refractivity contribution in [1.82, 2.24) is 9.55 Å². The molecule has 1 aromatic carbocycles. The molecule has 0 aliphatic rings. The first kappa shape index (κ1) is 11.1. The van der Waals surface area contributed by atoms with Gasteiger partial charge in [0, 0.05) is 18.0 Å². The van der Waals surface area contributed by atoms with Crippen molar-refractivity contribution in [2.24, 2.45) is 0 Å². The molecule has 84 valence electrons. The van der Waals surface area contributed by atoms with Gasteiger partial charge in [-0.25, -0.2) is 9.37 Å². The molecule has 0 spiro atoms.